The molecule has 0 aromatic carbocycles. The van der Waals surface area contributed by atoms with Crippen LogP contribution in [0.25, 0.3) is 0 Å². The van der Waals surface area contributed by atoms with Crippen LogP contribution in [0.5, 0.6) is 0 Å². The molecule has 0 aromatic heterocycles. The average Bonchev–Trinajstić information content (AvgIpc) is 1.95. The standard InChI is InChI=1S/C9H21IN2/c1-5-7-12(8-6-11-4)9(2,3)10/h11H,5-8H2,1-4H3. The van der Waals surface area contributed by atoms with Crippen LogP contribution in [0.4, 0.5) is 0 Å². The Morgan fingerprint density at radius 3 is 2.25 bits per heavy atom. The zero-order valence-corrected chi connectivity index (χ0v) is 10.8. The molecule has 0 fully saturated rings. The summed E-state index contributed by atoms with van der Waals surface area (Å²) < 4.78 is 0.282. The number of hydrogen-bond acceptors (Lipinski definition) is 2. The number of alkyl halides is 1. The molecule has 2 nitrogen and oxygen atoms in total. The first-order chi connectivity index (χ1) is 5.52. The molecule has 0 aromatic rings. The monoisotopic (exact) mass is 284 g/mol. The van der Waals surface area contributed by atoms with Gasteiger partial charge in [-0.15, -0.1) is 0 Å². The van der Waals surface area contributed by atoms with Crippen molar-refractivity contribution in [2.45, 2.75) is 30.7 Å². The molecule has 0 atom stereocenters. The van der Waals surface area contributed by atoms with Gasteiger partial charge < -0.3 is 5.32 Å². The number of rotatable bonds is 6. The lowest BCUT2D eigenvalue weighted by Gasteiger charge is -2.33. The van der Waals surface area contributed by atoms with Gasteiger partial charge in [0.15, 0.2) is 0 Å². The van der Waals surface area contributed by atoms with E-state index in [1.165, 1.54) is 13.0 Å². The second-order valence-electron chi connectivity index (χ2n) is 3.50. The zero-order valence-electron chi connectivity index (χ0n) is 8.65. The Labute approximate surface area is 90.2 Å². The van der Waals surface area contributed by atoms with Gasteiger partial charge in [0.1, 0.15) is 0 Å². The first-order valence-electron chi connectivity index (χ1n) is 4.61. The first kappa shape index (κ1) is 12.7. The average molecular weight is 284 g/mol. The molecule has 0 aliphatic carbocycles. The fourth-order valence-corrected chi connectivity index (χ4v) is 1.64. The number of likely N-dealkylation sites (N-methyl/N-ethyl adjacent to an activating group) is 1. The van der Waals surface area contributed by atoms with E-state index in [9.17, 15) is 0 Å². The van der Waals surface area contributed by atoms with E-state index < -0.39 is 0 Å². The summed E-state index contributed by atoms with van der Waals surface area (Å²) in [6.07, 6.45) is 1.23. The van der Waals surface area contributed by atoms with Crippen LogP contribution >= 0.6 is 22.6 Å². The van der Waals surface area contributed by atoms with Crippen LogP contribution in [0.15, 0.2) is 0 Å². The molecule has 0 unspecified atom stereocenters. The van der Waals surface area contributed by atoms with Crippen LogP contribution in [0, 0.1) is 0 Å². The van der Waals surface area contributed by atoms with Gasteiger partial charge in [-0.3, -0.25) is 4.90 Å². The normalized spacial score (nSPS) is 12.5. The van der Waals surface area contributed by atoms with Gasteiger partial charge in [-0.25, -0.2) is 0 Å². The van der Waals surface area contributed by atoms with Crippen molar-refractivity contribution in [3.8, 4) is 0 Å². The maximum atomic E-state index is 3.18. The minimum absolute atomic E-state index is 0.282. The molecule has 0 saturated carbocycles. The molecule has 0 radical (unpaired) electrons. The highest BCUT2D eigenvalue weighted by atomic mass is 127. The Hall–Kier alpha value is 0.650. The fraction of sp³-hybridized carbons (Fsp3) is 1.00. The highest BCUT2D eigenvalue weighted by Crippen LogP contribution is 2.21. The molecule has 74 valence electrons. The molecular formula is C9H21IN2. The predicted molar refractivity (Wildman–Crippen MR) is 63.9 cm³/mol. The van der Waals surface area contributed by atoms with E-state index in [1.54, 1.807) is 0 Å². The fourth-order valence-electron chi connectivity index (χ4n) is 1.16. The van der Waals surface area contributed by atoms with E-state index in [4.69, 9.17) is 0 Å². The smallest absolute Gasteiger partial charge is 0.0673 e. The molecule has 0 saturated heterocycles. The van der Waals surface area contributed by atoms with Gasteiger partial charge in [0.05, 0.1) is 3.55 Å². The summed E-state index contributed by atoms with van der Waals surface area (Å²) in [4.78, 5) is 2.50. The zero-order chi connectivity index (χ0) is 9.61. The molecule has 0 rings (SSSR count). The maximum absolute atomic E-state index is 3.18. The van der Waals surface area contributed by atoms with Crippen LogP contribution in [-0.4, -0.2) is 35.1 Å². The summed E-state index contributed by atoms with van der Waals surface area (Å²) in [5.41, 5.74) is 0. The van der Waals surface area contributed by atoms with Crippen molar-refractivity contribution in [2.75, 3.05) is 26.7 Å². The van der Waals surface area contributed by atoms with Crippen LogP contribution < -0.4 is 5.32 Å². The van der Waals surface area contributed by atoms with E-state index in [1.807, 2.05) is 7.05 Å². The van der Waals surface area contributed by atoms with E-state index in [-0.39, 0.29) is 3.55 Å². The summed E-state index contributed by atoms with van der Waals surface area (Å²) in [6, 6.07) is 0. The molecule has 0 aliphatic rings. The van der Waals surface area contributed by atoms with Crippen molar-refractivity contribution in [2.24, 2.45) is 0 Å². The quantitative estimate of drug-likeness (QED) is 0.456. The van der Waals surface area contributed by atoms with E-state index >= 15 is 0 Å². The highest BCUT2D eigenvalue weighted by Gasteiger charge is 2.21. The van der Waals surface area contributed by atoms with Crippen molar-refractivity contribution in [1.29, 1.82) is 0 Å². The minimum atomic E-state index is 0.282. The summed E-state index contributed by atoms with van der Waals surface area (Å²) >= 11 is 2.50. The third kappa shape index (κ3) is 5.32. The summed E-state index contributed by atoms with van der Waals surface area (Å²) in [7, 11) is 2.00. The second kappa shape index (κ2) is 6.16. The van der Waals surface area contributed by atoms with E-state index in [2.05, 4.69) is 53.6 Å². The second-order valence-corrected chi connectivity index (χ2v) is 6.14. The first-order valence-corrected chi connectivity index (χ1v) is 5.68. The summed E-state index contributed by atoms with van der Waals surface area (Å²) in [6.45, 7) is 10.2. The Balaban J connectivity index is 3.86. The lowest BCUT2D eigenvalue weighted by molar-refractivity contribution is 0.211. The Bertz CT molecular complexity index is 110. The summed E-state index contributed by atoms with van der Waals surface area (Å²) in [5, 5.41) is 3.18. The predicted octanol–water partition coefficient (Wildman–Crippen LogP) is 2.09. The number of nitrogens with one attached hydrogen (secondary N) is 1. The molecule has 0 aliphatic heterocycles. The van der Waals surface area contributed by atoms with Gasteiger partial charge in [0, 0.05) is 13.1 Å². The Morgan fingerprint density at radius 1 is 1.33 bits per heavy atom. The van der Waals surface area contributed by atoms with Crippen molar-refractivity contribution < 1.29 is 0 Å². The molecule has 0 spiro atoms. The molecule has 0 amide bonds. The van der Waals surface area contributed by atoms with Gasteiger partial charge in [0.2, 0.25) is 0 Å². The van der Waals surface area contributed by atoms with Crippen LogP contribution in [-0.2, 0) is 0 Å². The maximum Gasteiger partial charge on any atom is 0.0673 e. The molecule has 0 bridgehead atoms. The van der Waals surface area contributed by atoms with Gasteiger partial charge in [-0.1, -0.05) is 29.5 Å². The highest BCUT2D eigenvalue weighted by molar-refractivity contribution is 14.1. The Morgan fingerprint density at radius 2 is 1.92 bits per heavy atom. The topological polar surface area (TPSA) is 15.3 Å². The van der Waals surface area contributed by atoms with Gasteiger partial charge in [-0.2, -0.15) is 0 Å². The lowest BCUT2D eigenvalue weighted by Crippen LogP contribution is -2.42. The van der Waals surface area contributed by atoms with E-state index in [0.717, 1.165) is 13.1 Å². The van der Waals surface area contributed by atoms with Gasteiger partial charge in [-0.05, 0) is 33.9 Å². The van der Waals surface area contributed by atoms with Gasteiger partial charge >= 0.3 is 0 Å². The van der Waals surface area contributed by atoms with E-state index in [0.29, 0.717) is 0 Å². The van der Waals surface area contributed by atoms with Gasteiger partial charge in [0.25, 0.3) is 0 Å². The SMILES string of the molecule is CCCN(CCNC)C(C)(C)I. The van der Waals surface area contributed by atoms with Crippen LogP contribution in [0.1, 0.15) is 27.2 Å². The third-order valence-corrected chi connectivity index (χ3v) is 2.56. The molecule has 3 heteroatoms. The lowest BCUT2D eigenvalue weighted by atomic mass is 10.3. The molecule has 0 heterocycles. The molecular weight excluding hydrogens is 263 g/mol. The summed E-state index contributed by atoms with van der Waals surface area (Å²) in [5.74, 6) is 0. The van der Waals surface area contributed by atoms with Crippen molar-refractivity contribution in [3.05, 3.63) is 0 Å². The Kier molecular flexibility index (Phi) is 6.49. The third-order valence-electron chi connectivity index (χ3n) is 1.88. The van der Waals surface area contributed by atoms with Crippen molar-refractivity contribution in [1.82, 2.24) is 10.2 Å². The molecule has 12 heavy (non-hydrogen) atoms. The number of nitrogens with zero attached hydrogens (tertiary/aromatic N) is 1. The minimum Gasteiger partial charge on any atom is -0.318 e. The van der Waals surface area contributed by atoms with Crippen molar-refractivity contribution in [3.63, 3.8) is 0 Å². The number of halogens is 1. The molecule has 1 N–H and O–H groups in total. The van der Waals surface area contributed by atoms with Crippen LogP contribution in [0.3, 0.4) is 0 Å². The largest absolute Gasteiger partial charge is 0.318 e. The number of hydrogen-bond donors (Lipinski definition) is 1. The van der Waals surface area contributed by atoms with Crippen molar-refractivity contribution >= 4 is 22.6 Å². The van der Waals surface area contributed by atoms with Crippen LogP contribution in [0.2, 0.25) is 0 Å².